The van der Waals surface area contributed by atoms with E-state index >= 15 is 0 Å². The van der Waals surface area contributed by atoms with Crippen LogP contribution in [0, 0.1) is 0 Å². The van der Waals surface area contributed by atoms with E-state index in [-0.39, 0.29) is 6.04 Å². The number of sulfonamides is 1. The van der Waals surface area contributed by atoms with Crippen LogP contribution in [0.1, 0.15) is 19.3 Å². The average molecular weight is 363 g/mol. The molecular formula is C12H15BrN2O2S2. The molecule has 0 radical (unpaired) electrons. The topological polar surface area (TPSA) is 63.4 Å². The molecular weight excluding hydrogens is 348 g/mol. The summed E-state index contributed by atoms with van der Waals surface area (Å²) in [4.78, 5) is 0.655. The predicted molar refractivity (Wildman–Crippen MR) is 82.5 cm³/mol. The van der Waals surface area contributed by atoms with Crippen molar-refractivity contribution in [3.8, 4) is 0 Å². The van der Waals surface area contributed by atoms with Crippen LogP contribution < -0.4 is 5.73 Å². The maximum Gasteiger partial charge on any atom is 0.243 e. The van der Waals surface area contributed by atoms with E-state index in [1.807, 2.05) is 0 Å². The number of rotatable bonds is 6. The lowest BCUT2D eigenvalue weighted by molar-refractivity contribution is 0.413. The van der Waals surface area contributed by atoms with Crippen LogP contribution in [0.2, 0.25) is 0 Å². The van der Waals surface area contributed by atoms with Crippen molar-refractivity contribution in [3.63, 3.8) is 0 Å². The molecule has 0 aromatic heterocycles. The molecule has 2 rings (SSSR count). The zero-order chi connectivity index (χ0) is 14.0. The van der Waals surface area contributed by atoms with Crippen LogP contribution in [0.4, 0.5) is 0 Å². The largest absolute Gasteiger partial charge is 0.393 e. The van der Waals surface area contributed by atoms with Gasteiger partial charge in [-0.15, -0.1) is 0 Å². The second-order valence-electron chi connectivity index (χ2n) is 4.52. The summed E-state index contributed by atoms with van der Waals surface area (Å²) in [5, 5.41) is 0. The van der Waals surface area contributed by atoms with Crippen LogP contribution in [0.25, 0.3) is 0 Å². The molecule has 2 N–H and O–H groups in total. The highest BCUT2D eigenvalue weighted by Crippen LogP contribution is 2.32. The van der Waals surface area contributed by atoms with Crippen molar-refractivity contribution >= 4 is 43.2 Å². The van der Waals surface area contributed by atoms with E-state index in [1.54, 1.807) is 24.3 Å². The van der Waals surface area contributed by atoms with E-state index in [9.17, 15) is 8.42 Å². The van der Waals surface area contributed by atoms with Gasteiger partial charge in [-0.05, 0) is 37.1 Å². The number of nitrogens with zero attached hydrogens (tertiary/aromatic N) is 1. The van der Waals surface area contributed by atoms with Crippen molar-refractivity contribution in [2.24, 2.45) is 5.73 Å². The lowest BCUT2D eigenvalue weighted by Crippen LogP contribution is -2.35. The number of nitrogens with two attached hydrogens (primary N) is 1. The molecule has 1 aliphatic rings. The standard InChI is InChI=1S/C12H15BrN2O2S2/c13-9-1-5-11(6-2-9)19(16,17)15(10-3-4-10)8-7-12(14)18/h1-2,5-6,10H,3-4,7-8H2,(H2,14,18). The van der Waals surface area contributed by atoms with Gasteiger partial charge in [0.15, 0.2) is 0 Å². The maximum atomic E-state index is 12.6. The van der Waals surface area contributed by atoms with Crippen LogP contribution in [-0.2, 0) is 10.0 Å². The number of hydrogen-bond acceptors (Lipinski definition) is 3. The molecule has 0 spiro atoms. The van der Waals surface area contributed by atoms with E-state index in [1.165, 1.54) is 4.31 Å². The summed E-state index contributed by atoms with van der Waals surface area (Å²) in [5.74, 6) is 0. The smallest absolute Gasteiger partial charge is 0.243 e. The van der Waals surface area contributed by atoms with Crippen LogP contribution in [-0.4, -0.2) is 30.3 Å². The minimum absolute atomic E-state index is 0.1000. The van der Waals surface area contributed by atoms with E-state index in [2.05, 4.69) is 15.9 Å². The van der Waals surface area contributed by atoms with Gasteiger partial charge in [-0.25, -0.2) is 8.42 Å². The molecule has 104 valence electrons. The second-order valence-corrected chi connectivity index (χ2v) is 7.85. The highest BCUT2D eigenvalue weighted by Gasteiger charge is 2.37. The minimum Gasteiger partial charge on any atom is -0.393 e. The molecule has 0 bridgehead atoms. The Morgan fingerprint density at radius 1 is 1.37 bits per heavy atom. The Hall–Kier alpha value is -0.500. The summed E-state index contributed by atoms with van der Waals surface area (Å²) < 4.78 is 27.5. The molecule has 0 aliphatic heterocycles. The zero-order valence-electron chi connectivity index (χ0n) is 10.3. The highest BCUT2D eigenvalue weighted by atomic mass is 79.9. The van der Waals surface area contributed by atoms with Crippen molar-refractivity contribution < 1.29 is 8.42 Å². The summed E-state index contributed by atoms with van der Waals surface area (Å²) in [6.45, 7) is 0.360. The maximum absolute atomic E-state index is 12.6. The third kappa shape index (κ3) is 3.75. The Labute approximate surface area is 127 Å². The van der Waals surface area contributed by atoms with Gasteiger partial charge in [-0.2, -0.15) is 4.31 Å². The summed E-state index contributed by atoms with van der Waals surface area (Å²) in [5.41, 5.74) is 5.47. The number of benzene rings is 1. The number of halogens is 1. The molecule has 0 unspecified atom stereocenters. The van der Waals surface area contributed by atoms with Gasteiger partial charge in [0.1, 0.15) is 0 Å². The molecule has 1 aromatic rings. The monoisotopic (exact) mass is 362 g/mol. The third-order valence-electron chi connectivity index (χ3n) is 2.95. The molecule has 0 heterocycles. The van der Waals surface area contributed by atoms with Crippen molar-refractivity contribution in [1.82, 2.24) is 4.31 Å². The first-order chi connectivity index (χ1) is 8.91. The highest BCUT2D eigenvalue weighted by molar-refractivity contribution is 9.10. The Kier molecular flexibility index (Phi) is 4.60. The lowest BCUT2D eigenvalue weighted by Gasteiger charge is -2.21. The Morgan fingerprint density at radius 2 is 1.95 bits per heavy atom. The van der Waals surface area contributed by atoms with Gasteiger partial charge in [0.2, 0.25) is 10.0 Å². The fourth-order valence-electron chi connectivity index (χ4n) is 1.82. The van der Waals surface area contributed by atoms with Gasteiger partial charge >= 0.3 is 0 Å². The first kappa shape index (κ1) is 14.9. The second kappa shape index (κ2) is 5.87. The van der Waals surface area contributed by atoms with Gasteiger partial charge < -0.3 is 5.73 Å². The molecule has 19 heavy (non-hydrogen) atoms. The van der Waals surface area contributed by atoms with Gasteiger partial charge in [0.05, 0.1) is 9.88 Å². The Balaban J connectivity index is 2.23. The Morgan fingerprint density at radius 3 is 2.42 bits per heavy atom. The molecule has 1 saturated carbocycles. The molecule has 0 atom stereocenters. The molecule has 1 aromatic carbocycles. The van der Waals surface area contributed by atoms with Crippen LogP contribution in [0.5, 0.6) is 0 Å². The van der Waals surface area contributed by atoms with Crippen molar-refractivity contribution in [1.29, 1.82) is 0 Å². The fourth-order valence-corrected chi connectivity index (χ4v) is 3.87. The zero-order valence-corrected chi connectivity index (χ0v) is 13.5. The van der Waals surface area contributed by atoms with Gasteiger partial charge in [-0.1, -0.05) is 28.1 Å². The molecule has 0 amide bonds. The lowest BCUT2D eigenvalue weighted by atomic mass is 10.4. The summed E-state index contributed by atoms with van der Waals surface area (Å²) in [6.07, 6.45) is 2.24. The fraction of sp³-hybridized carbons (Fsp3) is 0.417. The predicted octanol–water partition coefficient (Wildman–Crippen LogP) is 2.28. The van der Waals surface area contributed by atoms with E-state index in [0.717, 1.165) is 17.3 Å². The molecule has 7 heteroatoms. The quantitative estimate of drug-likeness (QED) is 0.788. The molecule has 1 fully saturated rings. The first-order valence-corrected chi connectivity index (χ1v) is 8.61. The number of thiocarbonyl (C=S) groups is 1. The van der Waals surface area contributed by atoms with Crippen molar-refractivity contribution in [2.45, 2.75) is 30.2 Å². The molecule has 4 nitrogen and oxygen atoms in total. The SMILES string of the molecule is NC(=S)CCN(C1CC1)S(=O)(=O)c1ccc(Br)cc1. The molecule has 1 aliphatic carbocycles. The van der Waals surface area contributed by atoms with Crippen molar-refractivity contribution in [2.75, 3.05) is 6.54 Å². The first-order valence-electron chi connectivity index (χ1n) is 5.97. The van der Waals surface area contributed by atoms with Gasteiger partial charge in [0, 0.05) is 23.5 Å². The van der Waals surface area contributed by atoms with Crippen LogP contribution >= 0.6 is 28.1 Å². The summed E-state index contributed by atoms with van der Waals surface area (Å²) in [6, 6.07) is 6.77. The van der Waals surface area contributed by atoms with E-state index in [4.69, 9.17) is 18.0 Å². The van der Waals surface area contributed by atoms with Gasteiger partial charge in [-0.3, -0.25) is 0 Å². The normalized spacial score (nSPS) is 15.7. The third-order valence-corrected chi connectivity index (χ3v) is 5.65. The average Bonchev–Trinajstić information content (AvgIpc) is 3.13. The Bertz CT molecular complexity index is 568. The van der Waals surface area contributed by atoms with E-state index in [0.29, 0.717) is 22.8 Å². The number of hydrogen-bond donors (Lipinski definition) is 1. The van der Waals surface area contributed by atoms with Crippen LogP contribution in [0.3, 0.4) is 0 Å². The summed E-state index contributed by atoms with van der Waals surface area (Å²) >= 11 is 8.13. The summed E-state index contributed by atoms with van der Waals surface area (Å²) in [7, 11) is -3.45. The van der Waals surface area contributed by atoms with Crippen LogP contribution in [0.15, 0.2) is 33.6 Å². The van der Waals surface area contributed by atoms with Crippen molar-refractivity contribution in [3.05, 3.63) is 28.7 Å². The van der Waals surface area contributed by atoms with E-state index < -0.39 is 10.0 Å². The minimum atomic E-state index is -3.45. The van der Waals surface area contributed by atoms with Gasteiger partial charge in [0.25, 0.3) is 0 Å². The molecule has 0 saturated heterocycles.